The van der Waals surface area contributed by atoms with Crippen LogP contribution in [-0.2, 0) is 14.8 Å². The lowest BCUT2D eigenvalue weighted by Crippen LogP contribution is -2.38. The van der Waals surface area contributed by atoms with Gasteiger partial charge in [-0.15, -0.1) is 11.3 Å². The van der Waals surface area contributed by atoms with E-state index in [0.717, 1.165) is 57.0 Å². The highest BCUT2D eigenvalue weighted by Gasteiger charge is 2.27. The molecular formula is C19H28N4O3S2. The summed E-state index contributed by atoms with van der Waals surface area (Å²) in [7, 11) is -3.60. The number of ether oxygens (including phenoxy) is 1. The van der Waals surface area contributed by atoms with Gasteiger partial charge in [-0.25, -0.2) is 13.1 Å². The zero-order valence-electron chi connectivity index (χ0n) is 16.0. The van der Waals surface area contributed by atoms with Crippen molar-refractivity contribution in [1.29, 1.82) is 0 Å². The molecule has 0 radical (unpaired) electrons. The van der Waals surface area contributed by atoms with E-state index in [1.54, 1.807) is 6.20 Å². The van der Waals surface area contributed by atoms with Gasteiger partial charge in [0.05, 0.1) is 24.1 Å². The summed E-state index contributed by atoms with van der Waals surface area (Å²) in [6.07, 6.45) is 7.01. The molecule has 2 fully saturated rings. The van der Waals surface area contributed by atoms with Crippen molar-refractivity contribution in [1.82, 2.24) is 19.4 Å². The Morgan fingerprint density at radius 3 is 2.75 bits per heavy atom. The van der Waals surface area contributed by atoms with Gasteiger partial charge >= 0.3 is 0 Å². The lowest BCUT2D eigenvalue weighted by molar-refractivity contribution is 0.0376. The molecule has 0 atom stereocenters. The van der Waals surface area contributed by atoms with Gasteiger partial charge in [-0.2, -0.15) is 5.10 Å². The molecule has 0 spiro atoms. The highest BCUT2D eigenvalue weighted by atomic mass is 32.2. The normalized spacial score (nSPS) is 19.4. The van der Waals surface area contributed by atoms with Gasteiger partial charge in [-0.3, -0.25) is 9.58 Å². The molecular weight excluding hydrogens is 396 g/mol. The molecule has 3 heterocycles. The first-order valence-corrected chi connectivity index (χ1v) is 12.4. The molecule has 9 heteroatoms. The first kappa shape index (κ1) is 20.0. The molecule has 2 aliphatic rings. The van der Waals surface area contributed by atoms with Gasteiger partial charge in [0.2, 0.25) is 10.0 Å². The number of nitrogens with one attached hydrogen (secondary N) is 1. The molecule has 0 aromatic carbocycles. The summed E-state index contributed by atoms with van der Waals surface area (Å²) in [5, 5.41) is 6.64. The number of morpholine rings is 1. The van der Waals surface area contributed by atoms with Gasteiger partial charge in [-0.05, 0) is 37.3 Å². The Bertz CT molecular complexity index is 852. The van der Waals surface area contributed by atoms with Crippen molar-refractivity contribution in [2.75, 3.05) is 39.4 Å². The van der Waals surface area contributed by atoms with E-state index in [0.29, 0.717) is 23.2 Å². The summed E-state index contributed by atoms with van der Waals surface area (Å²) in [6, 6.07) is 4.17. The van der Waals surface area contributed by atoms with Crippen LogP contribution in [0.15, 0.2) is 28.6 Å². The van der Waals surface area contributed by atoms with Crippen molar-refractivity contribution >= 4 is 21.4 Å². The van der Waals surface area contributed by atoms with E-state index in [1.165, 1.54) is 24.2 Å². The molecule has 1 saturated heterocycles. The lowest BCUT2D eigenvalue weighted by Gasteiger charge is -2.26. The minimum absolute atomic E-state index is 0.299. The maximum absolute atomic E-state index is 13.0. The number of aromatic nitrogens is 2. The molecule has 28 heavy (non-hydrogen) atoms. The van der Waals surface area contributed by atoms with E-state index in [1.807, 2.05) is 22.2 Å². The summed E-state index contributed by atoms with van der Waals surface area (Å²) in [5.41, 5.74) is 0.572. The predicted octanol–water partition coefficient (Wildman–Crippen LogP) is 2.73. The first-order valence-electron chi connectivity index (χ1n) is 10.1. The van der Waals surface area contributed by atoms with Crippen molar-refractivity contribution in [3.8, 4) is 10.6 Å². The first-order chi connectivity index (χ1) is 13.6. The topological polar surface area (TPSA) is 76.5 Å². The SMILES string of the molecule is O=S(=O)(NCCCN1CCOCC1)c1cn(C2CCCC2)nc1-c1cccs1. The number of nitrogens with zero attached hydrogens (tertiary/aromatic N) is 3. The van der Waals surface area contributed by atoms with Gasteiger partial charge in [0.25, 0.3) is 0 Å². The van der Waals surface area contributed by atoms with Crippen LogP contribution >= 0.6 is 11.3 Å². The van der Waals surface area contributed by atoms with Crippen LogP contribution in [-0.4, -0.2) is 62.5 Å². The van der Waals surface area contributed by atoms with Gasteiger partial charge < -0.3 is 4.74 Å². The van der Waals surface area contributed by atoms with E-state index in [4.69, 9.17) is 4.74 Å². The fraction of sp³-hybridized carbons (Fsp3) is 0.632. The summed E-state index contributed by atoms with van der Waals surface area (Å²) < 4.78 is 36.1. The lowest BCUT2D eigenvalue weighted by atomic mass is 10.3. The van der Waals surface area contributed by atoms with Crippen LogP contribution in [0.5, 0.6) is 0 Å². The quantitative estimate of drug-likeness (QED) is 0.660. The number of sulfonamides is 1. The van der Waals surface area contributed by atoms with Crippen molar-refractivity contribution in [2.24, 2.45) is 0 Å². The highest BCUT2D eigenvalue weighted by molar-refractivity contribution is 7.89. The van der Waals surface area contributed by atoms with Crippen molar-refractivity contribution in [2.45, 2.75) is 43.0 Å². The average molecular weight is 425 g/mol. The van der Waals surface area contributed by atoms with Crippen LogP contribution in [0.3, 0.4) is 0 Å². The largest absolute Gasteiger partial charge is 0.379 e. The summed E-state index contributed by atoms with van der Waals surface area (Å²) in [6.45, 7) is 4.67. The van der Waals surface area contributed by atoms with E-state index in [9.17, 15) is 8.42 Å². The van der Waals surface area contributed by atoms with Crippen LogP contribution in [0.4, 0.5) is 0 Å². The van der Waals surface area contributed by atoms with Crippen molar-refractivity contribution in [3.05, 3.63) is 23.7 Å². The smallest absolute Gasteiger partial charge is 0.244 e. The third kappa shape index (κ3) is 4.65. The van der Waals surface area contributed by atoms with Crippen LogP contribution < -0.4 is 4.72 Å². The molecule has 0 amide bonds. The van der Waals surface area contributed by atoms with Crippen molar-refractivity contribution < 1.29 is 13.2 Å². The summed E-state index contributed by atoms with van der Waals surface area (Å²) in [4.78, 5) is 3.51. The number of thiophene rings is 1. The molecule has 1 aliphatic carbocycles. The molecule has 2 aromatic rings. The summed E-state index contributed by atoms with van der Waals surface area (Å²) in [5.74, 6) is 0. The second-order valence-electron chi connectivity index (χ2n) is 7.44. The van der Waals surface area contributed by atoms with E-state index in [-0.39, 0.29) is 0 Å². The maximum atomic E-state index is 13.0. The maximum Gasteiger partial charge on any atom is 0.244 e. The Labute approximate surface area is 170 Å². The second kappa shape index (κ2) is 9.04. The average Bonchev–Trinajstić information content (AvgIpc) is 3.46. The number of hydrogen-bond donors (Lipinski definition) is 1. The van der Waals surface area contributed by atoms with E-state index >= 15 is 0 Å². The van der Waals surface area contributed by atoms with Crippen LogP contribution in [0.2, 0.25) is 0 Å². The monoisotopic (exact) mass is 424 g/mol. The molecule has 1 aliphatic heterocycles. The Morgan fingerprint density at radius 1 is 1.25 bits per heavy atom. The van der Waals surface area contributed by atoms with Gasteiger partial charge in [0, 0.05) is 25.8 Å². The molecule has 7 nitrogen and oxygen atoms in total. The fourth-order valence-corrected chi connectivity index (χ4v) is 5.93. The Balaban J connectivity index is 1.46. The molecule has 1 N–H and O–H groups in total. The molecule has 4 rings (SSSR count). The number of hydrogen-bond acceptors (Lipinski definition) is 6. The zero-order valence-corrected chi connectivity index (χ0v) is 17.7. The molecule has 1 saturated carbocycles. The Morgan fingerprint density at radius 2 is 2.04 bits per heavy atom. The Kier molecular flexibility index (Phi) is 6.47. The van der Waals surface area contributed by atoms with Crippen LogP contribution in [0.1, 0.15) is 38.1 Å². The van der Waals surface area contributed by atoms with Gasteiger partial charge in [-0.1, -0.05) is 18.9 Å². The van der Waals surface area contributed by atoms with E-state index in [2.05, 4.69) is 14.7 Å². The second-order valence-corrected chi connectivity index (χ2v) is 10.1. The number of rotatable bonds is 8. The zero-order chi connectivity index (χ0) is 19.4. The van der Waals surface area contributed by atoms with Crippen molar-refractivity contribution in [3.63, 3.8) is 0 Å². The van der Waals surface area contributed by atoms with Crippen LogP contribution in [0.25, 0.3) is 10.6 Å². The fourth-order valence-electron chi connectivity index (χ4n) is 3.92. The van der Waals surface area contributed by atoms with Crippen LogP contribution in [0, 0.1) is 0 Å². The minimum atomic E-state index is -3.60. The van der Waals surface area contributed by atoms with Gasteiger partial charge in [0.1, 0.15) is 10.6 Å². The molecule has 0 unspecified atom stereocenters. The third-order valence-corrected chi connectivity index (χ3v) is 7.83. The Hall–Kier alpha value is -1.26. The van der Waals surface area contributed by atoms with E-state index < -0.39 is 10.0 Å². The molecule has 154 valence electrons. The molecule has 0 bridgehead atoms. The molecule has 2 aromatic heterocycles. The predicted molar refractivity (Wildman–Crippen MR) is 110 cm³/mol. The minimum Gasteiger partial charge on any atom is -0.379 e. The highest BCUT2D eigenvalue weighted by Crippen LogP contribution is 2.34. The van der Waals surface area contributed by atoms with Gasteiger partial charge in [0.15, 0.2) is 0 Å². The third-order valence-electron chi connectivity index (χ3n) is 5.49. The standard InChI is InChI=1S/C19H28N4O3S2/c24-28(25,20-8-4-9-22-10-12-26-13-11-22)18-15-23(16-5-1-2-6-16)21-19(18)17-7-3-14-27-17/h3,7,14-16,20H,1-2,4-6,8-13H2. The summed E-state index contributed by atoms with van der Waals surface area (Å²) >= 11 is 1.52.